The third kappa shape index (κ3) is 3.81. The number of aryl methyl sites for hydroxylation is 1. The van der Waals surface area contributed by atoms with Gasteiger partial charge in [-0.2, -0.15) is 0 Å². The van der Waals surface area contributed by atoms with E-state index in [9.17, 15) is 8.42 Å². The maximum absolute atomic E-state index is 11.5. The predicted octanol–water partition coefficient (Wildman–Crippen LogP) is 1.52. The SMILES string of the molecule is Cc1cc(CS(=O)(=O)CCN)ccc1Cl. The molecule has 0 saturated heterocycles. The molecular weight excluding hydrogens is 234 g/mol. The molecule has 0 bridgehead atoms. The molecule has 0 aliphatic rings. The molecule has 0 aliphatic carbocycles. The van der Waals surface area contributed by atoms with Gasteiger partial charge in [-0.3, -0.25) is 0 Å². The number of sulfone groups is 1. The molecule has 15 heavy (non-hydrogen) atoms. The zero-order valence-electron chi connectivity index (χ0n) is 8.53. The number of nitrogens with two attached hydrogens (primary N) is 1. The van der Waals surface area contributed by atoms with Crippen molar-refractivity contribution in [2.24, 2.45) is 5.73 Å². The van der Waals surface area contributed by atoms with Crippen LogP contribution in [-0.4, -0.2) is 20.7 Å². The monoisotopic (exact) mass is 247 g/mol. The summed E-state index contributed by atoms with van der Waals surface area (Å²) in [6.07, 6.45) is 0. The van der Waals surface area contributed by atoms with E-state index in [0.717, 1.165) is 11.1 Å². The molecule has 5 heteroatoms. The van der Waals surface area contributed by atoms with Crippen molar-refractivity contribution >= 4 is 21.4 Å². The number of hydrogen-bond acceptors (Lipinski definition) is 3. The molecule has 0 aliphatic heterocycles. The highest BCUT2D eigenvalue weighted by molar-refractivity contribution is 7.90. The molecule has 1 rings (SSSR count). The third-order valence-electron chi connectivity index (χ3n) is 2.04. The van der Waals surface area contributed by atoms with Gasteiger partial charge in [0, 0.05) is 11.6 Å². The normalized spacial score (nSPS) is 11.7. The van der Waals surface area contributed by atoms with Crippen molar-refractivity contribution in [3.05, 3.63) is 34.3 Å². The second-order valence-electron chi connectivity index (χ2n) is 3.46. The summed E-state index contributed by atoms with van der Waals surface area (Å²) < 4.78 is 23.0. The van der Waals surface area contributed by atoms with Gasteiger partial charge in [0.1, 0.15) is 0 Å². The molecule has 0 fully saturated rings. The first-order chi connectivity index (χ1) is 6.94. The summed E-state index contributed by atoms with van der Waals surface area (Å²) in [7, 11) is -3.08. The highest BCUT2D eigenvalue weighted by Crippen LogP contribution is 2.17. The highest BCUT2D eigenvalue weighted by Gasteiger charge is 2.11. The van der Waals surface area contributed by atoms with Crippen molar-refractivity contribution < 1.29 is 8.42 Å². The number of benzene rings is 1. The third-order valence-corrected chi connectivity index (χ3v) is 4.09. The van der Waals surface area contributed by atoms with Gasteiger partial charge in [-0.1, -0.05) is 23.7 Å². The van der Waals surface area contributed by atoms with Gasteiger partial charge in [-0.25, -0.2) is 8.42 Å². The van der Waals surface area contributed by atoms with E-state index in [1.807, 2.05) is 6.92 Å². The quantitative estimate of drug-likeness (QED) is 0.878. The van der Waals surface area contributed by atoms with Crippen LogP contribution in [0.25, 0.3) is 0 Å². The fourth-order valence-electron chi connectivity index (χ4n) is 1.30. The predicted molar refractivity (Wildman–Crippen MR) is 62.7 cm³/mol. The van der Waals surface area contributed by atoms with Crippen molar-refractivity contribution in [1.29, 1.82) is 0 Å². The summed E-state index contributed by atoms with van der Waals surface area (Å²) >= 11 is 5.84. The second-order valence-corrected chi connectivity index (χ2v) is 6.06. The number of halogens is 1. The van der Waals surface area contributed by atoms with Crippen molar-refractivity contribution in [3.63, 3.8) is 0 Å². The van der Waals surface area contributed by atoms with Crippen LogP contribution in [0, 0.1) is 6.92 Å². The van der Waals surface area contributed by atoms with E-state index in [2.05, 4.69) is 0 Å². The van der Waals surface area contributed by atoms with E-state index in [1.54, 1.807) is 18.2 Å². The molecule has 3 nitrogen and oxygen atoms in total. The van der Waals surface area contributed by atoms with Crippen molar-refractivity contribution in [2.75, 3.05) is 12.3 Å². The molecule has 0 unspecified atom stereocenters. The van der Waals surface area contributed by atoms with Crippen molar-refractivity contribution in [1.82, 2.24) is 0 Å². The van der Waals surface area contributed by atoms with E-state index in [0.29, 0.717) is 5.02 Å². The fraction of sp³-hybridized carbons (Fsp3) is 0.400. The average molecular weight is 248 g/mol. The molecule has 0 heterocycles. The Bertz CT molecular complexity index is 443. The van der Waals surface area contributed by atoms with Gasteiger partial charge in [0.05, 0.1) is 11.5 Å². The topological polar surface area (TPSA) is 60.2 Å². The van der Waals surface area contributed by atoms with E-state index in [1.165, 1.54) is 0 Å². The van der Waals surface area contributed by atoms with E-state index in [4.69, 9.17) is 17.3 Å². The van der Waals surface area contributed by atoms with Crippen molar-refractivity contribution in [2.45, 2.75) is 12.7 Å². The summed E-state index contributed by atoms with van der Waals surface area (Å²) in [6.45, 7) is 2.01. The van der Waals surface area contributed by atoms with Gasteiger partial charge in [0.15, 0.2) is 9.84 Å². The van der Waals surface area contributed by atoms with Crippen LogP contribution >= 0.6 is 11.6 Å². The Morgan fingerprint density at radius 3 is 2.60 bits per heavy atom. The van der Waals surface area contributed by atoms with Crippen LogP contribution in [0.2, 0.25) is 5.02 Å². The van der Waals surface area contributed by atoms with Crippen LogP contribution < -0.4 is 5.73 Å². The van der Waals surface area contributed by atoms with Crippen molar-refractivity contribution in [3.8, 4) is 0 Å². The summed E-state index contributed by atoms with van der Waals surface area (Å²) in [5.74, 6) is 0.0525. The molecule has 2 N–H and O–H groups in total. The summed E-state index contributed by atoms with van der Waals surface area (Å²) in [4.78, 5) is 0. The summed E-state index contributed by atoms with van der Waals surface area (Å²) in [5.41, 5.74) is 6.86. The Balaban J connectivity index is 2.86. The highest BCUT2D eigenvalue weighted by atomic mass is 35.5. The lowest BCUT2D eigenvalue weighted by Gasteiger charge is -2.05. The fourth-order valence-corrected chi connectivity index (χ4v) is 2.61. The van der Waals surface area contributed by atoms with Crippen LogP contribution in [-0.2, 0) is 15.6 Å². The number of hydrogen-bond donors (Lipinski definition) is 1. The van der Waals surface area contributed by atoms with E-state index in [-0.39, 0.29) is 18.1 Å². The first-order valence-corrected chi connectivity index (χ1v) is 6.80. The van der Waals surface area contributed by atoms with E-state index >= 15 is 0 Å². The largest absolute Gasteiger partial charge is 0.329 e. The van der Waals surface area contributed by atoms with Gasteiger partial charge in [0.2, 0.25) is 0 Å². The Morgan fingerprint density at radius 2 is 2.07 bits per heavy atom. The van der Waals surface area contributed by atoms with Gasteiger partial charge >= 0.3 is 0 Å². The maximum atomic E-state index is 11.5. The molecule has 0 radical (unpaired) electrons. The summed E-state index contributed by atoms with van der Waals surface area (Å²) in [6, 6.07) is 5.23. The molecule has 0 aromatic heterocycles. The van der Waals surface area contributed by atoms with Crippen LogP contribution in [0.3, 0.4) is 0 Å². The molecule has 1 aromatic carbocycles. The molecule has 0 amide bonds. The first-order valence-electron chi connectivity index (χ1n) is 4.60. The lowest BCUT2D eigenvalue weighted by atomic mass is 10.2. The van der Waals surface area contributed by atoms with Crippen LogP contribution in [0.1, 0.15) is 11.1 Å². The van der Waals surface area contributed by atoms with Gasteiger partial charge in [-0.15, -0.1) is 0 Å². The molecular formula is C10H14ClNO2S. The average Bonchev–Trinajstić information content (AvgIpc) is 2.10. The Kier molecular flexibility index (Phi) is 4.13. The standard InChI is InChI=1S/C10H14ClNO2S/c1-8-6-9(2-3-10(8)11)7-15(13,14)5-4-12/h2-3,6H,4-5,7,12H2,1H3. The molecule has 0 atom stereocenters. The minimum Gasteiger partial charge on any atom is -0.329 e. The molecule has 84 valence electrons. The van der Waals surface area contributed by atoms with Crippen LogP contribution in [0.5, 0.6) is 0 Å². The lowest BCUT2D eigenvalue weighted by Crippen LogP contribution is -2.17. The minimum atomic E-state index is -3.08. The molecule has 0 spiro atoms. The first kappa shape index (κ1) is 12.5. The van der Waals surface area contributed by atoms with Gasteiger partial charge < -0.3 is 5.73 Å². The zero-order chi connectivity index (χ0) is 11.5. The minimum absolute atomic E-state index is 0.0225. The molecule has 0 saturated carbocycles. The second kappa shape index (κ2) is 4.96. The summed E-state index contributed by atoms with van der Waals surface area (Å²) in [5, 5.41) is 0.648. The molecule has 1 aromatic rings. The maximum Gasteiger partial charge on any atom is 0.155 e. The Labute approximate surface area is 95.2 Å². The van der Waals surface area contributed by atoms with E-state index < -0.39 is 9.84 Å². The zero-order valence-corrected chi connectivity index (χ0v) is 10.1. The lowest BCUT2D eigenvalue weighted by molar-refractivity contribution is 0.595. The Hall–Kier alpha value is -0.580. The van der Waals surface area contributed by atoms with Gasteiger partial charge in [0.25, 0.3) is 0 Å². The van der Waals surface area contributed by atoms with Crippen LogP contribution in [0.15, 0.2) is 18.2 Å². The van der Waals surface area contributed by atoms with Crippen LogP contribution in [0.4, 0.5) is 0 Å². The van der Waals surface area contributed by atoms with Gasteiger partial charge in [-0.05, 0) is 24.1 Å². The number of rotatable bonds is 4. The smallest absolute Gasteiger partial charge is 0.155 e. The Morgan fingerprint density at radius 1 is 1.40 bits per heavy atom.